The van der Waals surface area contributed by atoms with E-state index in [1.807, 2.05) is 0 Å². The van der Waals surface area contributed by atoms with E-state index in [0.29, 0.717) is 12.0 Å². The third-order valence-corrected chi connectivity index (χ3v) is 3.87. The molecule has 0 aromatic carbocycles. The van der Waals surface area contributed by atoms with Gasteiger partial charge in [0.25, 0.3) is 0 Å². The Morgan fingerprint density at radius 1 is 1.05 bits per heavy atom. The maximum Gasteiger partial charge on any atom is 0.232 e. The van der Waals surface area contributed by atoms with Crippen LogP contribution in [0.1, 0.15) is 47.5 Å². The van der Waals surface area contributed by atoms with Crippen molar-refractivity contribution in [1.82, 2.24) is 20.3 Å². The fourth-order valence-corrected chi connectivity index (χ4v) is 3.58. The smallest absolute Gasteiger partial charge is 0.232 e. The Hall–Kier alpha value is -1.63. The summed E-state index contributed by atoms with van der Waals surface area (Å²) in [6, 6.07) is 0.336. The summed E-state index contributed by atoms with van der Waals surface area (Å²) in [4.78, 5) is 14.5. The predicted molar refractivity (Wildman–Crippen MR) is 86.0 cm³/mol. The van der Waals surface area contributed by atoms with Gasteiger partial charge in [-0.05, 0) is 47.5 Å². The number of aromatic nitrogens is 3. The maximum atomic E-state index is 5.71. The molecule has 7 heteroatoms. The topological polar surface area (TPSA) is 106 Å². The first-order chi connectivity index (χ1) is 9.62. The van der Waals surface area contributed by atoms with Crippen LogP contribution in [0.3, 0.4) is 0 Å². The zero-order valence-corrected chi connectivity index (χ0v) is 13.6. The number of hydrogen-bond donors (Lipinski definition) is 3. The Labute approximate surface area is 126 Å². The molecule has 1 aromatic rings. The zero-order valence-electron chi connectivity index (χ0n) is 13.6. The number of rotatable bonds is 3. The van der Waals surface area contributed by atoms with E-state index in [4.69, 9.17) is 11.5 Å². The lowest BCUT2D eigenvalue weighted by Gasteiger charge is -2.49. The first-order valence-corrected chi connectivity index (χ1v) is 7.45. The fraction of sp³-hybridized carbons (Fsp3) is 0.786. The molecule has 0 bridgehead atoms. The van der Waals surface area contributed by atoms with Crippen LogP contribution in [0, 0.1) is 0 Å². The molecule has 1 aliphatic rings. The lowest BCUT2D eigenvalue weighted by atomic mass is 9.79. The lowest BCUT2D eigenvalue weighted by molar-refractivity contribution is 0.158. The van der Waals surface area contributed by atoms with Crippen molar-refractivity contribution >= 4 is 17.8 Å². The van der Waals surface area contributed by atoms with Gasteiger partial charge in [0.2, 0.25) is 17.8 Å². The van der Waals surface area contributed by atoms with Crippen molar-refractivity contribution in [3.63, 3.8) is 0 Å². The molecule has 0 aliphatic carbocycles. The SMILES string of the molecule is CCN(c1nc(N)nc(N)n1)C1CC(C)(C)NC(C)(C)C1. The van der Waals surface area contributed by atoms with Crippen molar-refractivity contribution in [1.29, 1.82) is 0 Å². The van der Waals surface area contributed by atoms with Gasteiger partial charge in [0.15, 0.2) is 0 Å². The summed E-state index contributed by atoms with van der Waals surface area (Å²) in [5, 5.41) is 3.69. The van der Waals surface area contributed by atoms with E-state index >= 15 is 0 Å². The molecule has 1 fully saturated rings. The Bertz CT molecular complexity index is 476. The summed E-state index contributed by atoms with van der Waals surface area (Å²) in [6.45, 7) is 11.8. The molecule has 2 heterocycles. The largest absolute Gasteiger partial charge is 0.368 e. The molecule has 0 spiro atoms. The van der Waals surface area contributed by atoms with Gasteiger partial charge in [-0.15, -0.1) is 0 Å². The van der Waals surface area contributed by atoms with Gasteiger partial charge in [-0.2, -0.15) is 15.0 Å². The van der Waals surface area contributed by atoms with E-state index in [9.17, 15) is 0 Å². The van der Waals surface area contributed by atoms with Crippen molar-refractivity contribution in [2.24, 2.45) is 0 Å². The van der Waals surface area contributed by atoms with E-state index in [0.717, 1.165) is 19.4 Å². The Morgan fingerprint density at radius 2 is 1.52 bits per heavy atom. The Kier molecular flexibility index (Phi) is 3.97. The molecule has 1 aliphatic heterocycles. The molecular formula is C14H27N7. The van der Waals surface area contributed by atoms with Crippen molar-refractivity contribution in [2.45, 2.75) is 64.6 Å². The van der Waals surface area contributed by atoms with Gasteiger partial charge in [0.05, 0.1) is 0 Å². The minimum Gasteiger partial charge on any atom is -0.368 e. The van der Waals surface area contributed by atoms with E-state index in [2.05, 4.69) is 59.8 Å². The van der Waals surface area contributed by atoms with Crippen LogP contribution in [0.2, 0.25) is 0 Å². The minimum absolute atomic E-state index is 0.0595. The van der Waals surface area contributed by atoms with Gasteiger partial charge in [-0.25, -0.2) is 0 Å². The molecule has 5 N–H and O–H groups in total. The minimum atomic E-state index is 0.0595. The molecule has 7 nitrogen and oxygen atoms in total. The number of anilines is 3. The van der Waals surface area contributed by atoms with Gasteiger partial charge >= 0.3 is 0 Å². The molecule has 21 heavy (non-hydrogen) atoms. The number of nitrogens with one attached hydrogen (secondary N) is 1. The Balaban J connectivity index is 2.32. The van der Waals surface area contributed by atoms with E-state index in [1.54, 1.807) is 0 Å². The van der Waals surface area contributed by atoms with Gasteiger partial charge < -0.3 is 21.7 Å². The van der Waals surface area contributed by atoms with Crippen LogP contribution in [-0.2, 0) is 0 Å². The molecular weight excluding hydrogens is 266 g/mol. The molecule has 0 saturated carbocycles. The van der Waals surface area contributed by atoms with Gasteiger partial charge in [0, 0.05) is 23.7 Å². The number of piperidine rings is 1. The molecule has 0 radical (unpaired) electrons. The molecule has 2 rings (SSSR count). The normalized spacial score (nSPS) is 21.2. The second kappa shape index (κ2) is 5.29. The maximum absolute atomic E-state index is 5.71. The summed E-state index contributed by atoms with van der Waals surface area (Å²) in [5.74, 6) is 0.910. The summed E-state index contributed by atoms with van der Waals surface area (Å²) >= 11 is 0. The molecule has 0 atom stereocenters. The van der Waals surface area contributed by atoms with Crippen LogP contribution in [-0.4, -0.2) is 38.6 Å². The Morgan fingerprint density at radius 3 is 1.95 bits per heavy atom. The van der Waals surface area contributed by atoms with E-state index < -0.39 is 0 Å². The van der Waals surface area contributed by atoms with Crippen molar-refractivity contribution in [3.05, 3.63) is 0 Å². The molecule has 0 amide bonds. The van der Waals surface area contributed by atoms with Crippen molar-refractivity contribution in [2.75, 3.05) is 22.9 Å². The molecule has 118 valence electrons. The van der Waals surface area contributed by atoms with Gasteiger partial charge in [-0.3, -0.25) is 0 Å². The van der Waals surface area contributed by atoms with Gasteiger partial charge in [-0.1, -0.05) is 0 Å². The second-order valence-corrected chi connectivity index (χ2v) is 7.09. The molecule has 0 unspecified atom stereocenters. The summed E-state index contributed by atoms with van der Waals surface area (Å²) in [7, 11) is 0. The quantitative estimate of drug-likeness (QED) is 0.768. The summed E-state index contributed by atoms with van der Waals surface area (Å²) < 4.78 is 0. The zero-order chi connectivity index (χ0) is 15.8. The highest BCUT2D eigenvalue weighted by molar-refractivity contribution is 5.41. The first kappa shape index (κ1) is 15.8. The second-order valence-electron chi connectivity index (χ2n) is 7.09. The number of hydrogen-bond acceptors (Lipinski definition) is 7. The molecule has 1 aromatic heterocycles. The van der Waals surface area contributed by atoms with Crippen LogP contribution < -0.4 is 21.7 Å². The standard InChI is InChI=1S/C14H27N7/c1-6-21(12-18-10(15)17-11(16)19-12)9-7-13(2,3)20-14(4,5)8-9/h9,20H,6-8H2,1-5H3,(H4,15,16,17,18,19). The van der Waals surface area contributed by atoms with Crippen LogP contribution >= 0.6 is 0 Å². The monoisotopic (exact) mass is 293 g/mol. The van der Waals surface area contributed by atoms with Gasteiger partial charge in [0.1, 0.15) is 0 Å². The highest BCUT2D eigenvalue weighted by atomic mass is 15.3. The lowest BCUT2D eigenvalue weighted by Crippen LogP contribution is -2.62. The third-order valence-electron chi connectivity index (χ3n) is 3.87. The number of nitrogens with zero attached hydrogens (tertiary/aromatic N) is 4. The van der Waals surface area contributed by atoms with Crippen LogP contribution in [0.15, 0.2) is 0 Å². The average molecular weight is 293 g/mol. The third kappa shape index (κ3) is 3.72. The van der Waals surface area contributed by atoms with E-state index in [1.165, 1.54) is 0 Å². The summed E-state index contributed by atoms with van der Waals surface area (Å²) in [6.07, 6.45) is 2.02. The van der Waals surface area contributed by atoms with Crippen LogP contribution in [0.4, 0.5) is 17.8 Å². The number of nitrogen functional groups attached to an aromatic ring is 2. The van der Waals surface area contributed by atoms with E-state index in [-0.39, 0.29) is 23.0 Å². The van der Waals surface area contributed by atoms with Crippen molar-refractivity contribution in [3.8, 4) is 0 Å². The van der Waals surface area contributed by atoms with Crippen LogP contribution in [0.25, 0.3) is 0 Å². The highest BCUT2D eigenvalue weighted by Gasteiger charge is 2.40. The highest BCUT2D eigenvalue weighted by Crippen LogP contribution is 2.32. The molecule has 1 saturated heterocycles. The fourth-order valence-electron chi connectivity index (χ4n) is 3.58. The van der Waals surface area contributed by atoms with Crippen molar-refractivity contribution < 1.29 is 0 Å². The average Bonchev–Trinajstić information content (AvgIpc) is 2.23. The predicted octanol–water partition coefficient (Wildman–Crippen LogP) is 1.17. The number of nitrogens with two attached hydrogens (primary N) is 2. The first-order valence-electron chi connectivity index (χ1n) is 7.45. The summed E-state index contributed by atoms with van der Waals surface area (Å²) in [5.41, 5.74) is 11.5. The van der Waals surface area contributed by atoms with Crippen LogP contribution in [0.5, 0.6) is 0 Å².